The van der Waals surface area contributed by atoms with Crippen molar-refractivity contribution in [2.45, 2.75) is 19.9 Å². The van der Waals surface area contributed by atoms with Crippen LogP contribution in [0.15, 0.2) is 36.7 Å². The Bertz CT molecular complexity index is 765. The summed E-state index contributed by atoms with van der Waals surface area (Å²) < 4.78 is 12.7. The number of ether oxygens (including phenoxy) is 2. The van der Waals surface area contributed by atoms with Gasteiger partial charge in [-0.05, 0) is 37.6 Å². The second-order valence-electron chi connectivity index (χ2n) is 5.91. The molecule has 1 aliphatic heterocycles. The van der Waals surface area contributed by atoms with Crippen molar-refractivity contribution in [3.63, 3.8) is 0 Å². The van der Waals surface area contributed by atoms with Crippen LogP contribution in [0.1, 0.15) is 19.4 Å². The van der Waals surface area contributed by atoms with Crippen molar-refractivity contribution in [3.8, 4) is 11.5 Å². The van der Waals surface area contributed by atoms with Crippen molar-refractivity contribution >= 4 is 17.7 Å². The lowest BCUT2D eigenvalue weighted by atomic mass is 10.1. The summed E-state index contributed by atoms with van der Waals surface area (Å²) in [6, 6.07) is 5.68. The summed E-state index contributed by atoms with van der Waals surface area (Å²) >= 11 is 0. The van der Waals surface area contributed by atoms with Crippen LogP contribution in [-0.4, -0.2) is 34.9 Å². The molecule has 1 aromatic heterocycles. The number of nitrogens with zero attached hydrogens (tertiary/aromatic N) is 3. The highest BCUT2D eigenvalue weighted by molar-refractivity contribution is 6.04. The van der Waals surface area contributed by atoms with Gasteiger partial charge in [0.05, 0.1) is 11.9 Å². The fraction of sp³-hybridized carbons (Fsp3) is 0.333. The van der Waals surface area contributed by atoms with Crippen LogP contribution in [0.4, 0.5) is 5.69 Å². The minimum Gasteiger partial charge on any atom is -0.486 e. The maximum Gasteiger partial charge on any atom is 0.251 e. The molecule has 0 radical (unpaired) electrons. The molecule has 1 aliphatic rings. The highest BCUT2D eigenvalue weighted by Gasteiger charge is 2.18. The van der Waals surface area contributed by atoms with Crippen LogP contribution in [0.3, 0.4) is 0 Å². The third-order valence-corrected chi connectivity index (χ3v) is 3.71. The van der Waals surface area contributed by atoms with Crippen molar-refractivity contribution in [3.05, 3.63) is 42.2 Å². The van der Waals surface area contributed by atoms with Gasteiger partial charge < -0.3 is 14.4 Å². The number of rotatable bonds is 4. The topological polar surface area (TPSA) is 56.6 Å². The molecule has 0 fully saturated rings. The minimum absolute atomic E-state index is 0.0339. The molecule has 0 saturated heterocycles. The van der Waals surface area contributed by atoms with Gasteiger partial charge >= 0.3 is 0 Å². The van der Waals surface area contributed by atoms with Crippen LogP contribution in [0, 0.1) is 0 Å². The second-order valence-corrected chi connectivity index (χ2v) is 5.91. The molecule has 0 N–H and O–H groups in total. The quantitative estimate of drug-likeness (QED) is 0.810. The molecule has 1 aromatic carbocycles. The van der Waals surface area contributed by atoms with E-state index < -0.39 is 0 Å². The number of carbonyl (C=O) groups excluding carboxylic acids is 1. The van der Waals surface area contributed by atoms with E-state index in [2.05, 4.69) is 5.10 Å². The van der Waals surface area contributed by atoms with Gasteiger partial charge in [-0.25, -0.2) is 0 Å². The van der Waals surface area contributed by atoms with Gasteiger partial charge in [0.2, 0.25) is 0 Å². The van der Waals surface area contributed by atoms with Crippen LogP contribution < -0.4 is 14.4 Å². The van der Waals surface area contributed by atoms with Crippen LogP contribution in [0.25, 0.3) is 6.08 Å². The normalized spacial score (nSPS) is 13.5. The van der Waals surface area contributed by atoms with E-state index in [-0.39, 0.29) is 11.9 Å². The first kappa shape index (κ1) is 16.1. The van der Waals surface area contributed by atoms with Crippen molar-refractivity contribution < 1.29 is 14.3 Å². The lowest BCUT2D eigenvalue weighted by Gasteiger charge is -2.23. The second kappa shape index (κ2) is 6.78. The van der Waals surface area contributed by atoms with E-state index in [0.29, 0.717) is 19.0 Å². The van der Waals surface area contributed by atoms with E-state index >= 15 is 0 Å². The van der Waals surface area contributed by atoms with Gasteiger partial charge in [-0.3, -0.25) is 9.48 Å². The Kier molecular flexibility index (Phi) is 4.55. The zero-order valence-corrected chi connectivity index (χ0v) is 14.1. The lowest BCUT2D eigenvalue weighted by molar-refractivity contribution is -0.114. The number of fused-ring (bicyclic) bond motifs is 1. The van der Waals surface area contributed by atoms with E-state index in [0.717, 1.165) is 17.0 Å². The summed E-state index contributed by atoms with van der Waals surface area (Å²) in [6.45, 7) is 5.06. The number of hydrogen-bond acceptors (Lipinski definition) is 4. The minimum atomic E-state index is -0.0899. The molecule has 0 spiro atoms. The van der Waals surface area contributed by atoms with E-state index in [1.165, 1.54) is 0 Å². The van der Waals surface area contributed by atoms with Crippen molar-refractivity contribution in [2.75, 3.05) is 18.1 Å². The number of aryl methyl sites for hydroxylation is 1. The number of amides is 1. The summed E-state index contributed by atoms with van der Waals surface area (Å²) in [5.41, 5.74) is 1.67. The summed E-state index contributed by atoms with van der Waals surface area (Å²) in [6.07, 6.45) is 6.87. The number of aromatic nitrogens is 2. The molecule has 0 unspecified atom stereocenters. The number of carbonyl (C=O) groups is 1. The highest BCUT2D eigenvalue weighted by Crippen LogP contribution is 2.31. The van der Waals surface area contributed by atoms with Crippen molar-refractivity contribution in [1.82, 2.24) is 9.78 Å². The van der Waals surface area contributed by atoms with Gasteiger partial charge in [-0.2, -0.15) is 5.10 Å². The smallest absolute Gasteiger partial charge is 0.251 e. The van der Waals surface area contributed by atoms with Gasteiger partial charge in [0, 0.05) is 25.4 Å². The SMILES string of the molecule is CC(C)N(C(=O)/C=C\c1ccc2c(c1)OCCO2)c1cnn(C)c1. The first-order chi connectivity index (χ1) is 11.5. The number of benzene rings is 1. The van der Waals surface area contributed by atoms with Crippen molar-refractivity contribution in [1.29, 1.82) is 0 Å². The molecule has 0 aliphatic carbocycles. The molecular formula is C18H21N3O3. The van der Waals surface area contributed by atoms with E-state index in [9.17, 15) is 4.79 Å². The fourth-order valence-electron chi connectivity index (χ4n) is 2.62. The summed E-state index contributed by atoms with van der Waals surface area (Å²) in [5, 5.41) is 4.14. The highest BCUT2D eigenvalue weighted by atomic mass is 16.6. The van der Waals surface area contributed by atoms with Crippen molar-refractivity contribution in [2.24, 2.45) is 7.05 Å². The average Bonchev–Trinajstić information content (AvgIpc) is 2.98. The van der Waals surface area contributed by atoms with E-state index in [4.69, 9.17) is 9.47 Å². The Balaban J connectivity index is 1.78. The van der Waals surface area contributed by atoms with Gasteiger partial charge in [-0.15, -0.1) is 0 Å². The average molecular weight is 327 g/mol. The molecular weight excluding hydrogens is 306 g/mol. The molecule has 2 heterocycles. The fourth-order valence-corrected chi connectivity index (χ4v) is 2.62. The maximum absolute atomic E-state index is 12.6. The largest absolute Gasteiger partial charge is 0.486 e. The molecule has 126 valence electrons. The Labute approximate surface area is 141 Å². The first-order valence-corrected chi connectivity index (χ1v) is 7.94. The molecule has 2 aromatic rings. The number of anilines is 1. The molecule has 0 saturated carbocycles. The molecule has 6 nitrogen and oxygen atoms in total. The van der Waals surface area contributed by atoms with Crippen LogP contribution >= 0.6 is 0 Å². The maximum atomic E-state index is 12.6. The molecule has 6 heteroatoms. The standard InChI is InChI=1S/C18H21N3O3/c1-13(2)21(15-11-19-20(3)12-15)18(22)7-5-14-4-6-16-17(10-14)24-9-8-23-16/h4-7,10-13H,8-9H2,1-3H3/b7-5-. The summed E-state index contributed by atoms with van der Waals surface area (Å²) in [5.74, 6) is 1.36. The molecule has 0 atom stereocenters. The summed E-state index contributed by atoms with van der Waals surface area (Å²) in [4.78, 5) is 14.3. The van der Waals surface area contributed by atoms with Crippen LogP contribution in [0.5, 0.6) is 11.5 Å². The molecule has 0 bridgehead atoms. The zero-order chi connectivity index (χ0) is 17.1. The molecule has 1 amide bonds. The molecule has 3 rings (SSSR count). The Morgan fingerprint density at radius 2 is 2.04 bits per heavy atom. The summed E-state index contributed by atoms with van der Waals surface area (Å²) in [7, 11) is 1.83. The predicted octanol–water partition coefficient (Wildman–Crippen LogP) is 2.65. The molecule has 24 heavy (non-hydrogen) atoms. The zero-order valence-electron chi connectivity index (χ0n) is 14.1. The first-order valence-electron chi connectivity index (χ1n) is 7.94. The van der Waals surface area contributed by atoms with Gasteiger partial charge in [0.15, 0.2) is 11.5 Å². The van der Waals surface area contributed by atoms with Gasteiger partial charge in [0.1, 0.15) is 13.2 Å². The van der Waals surface area contributed by atoms with Gasteiger partial charge in [0.25, 0.3) is 5.91 Å². The van der Waals surface area contributed by atoms with Crippen LogP contribution in [0.2, 0.25) is 0 Å². The monoisotopic (exact) mass is 327 g/mol. The van der Waals surface area contributed by atoms with Crippen LogP contribution in [-0.2, 0) is 11.8 Å². The predicted molar refractivity (Wildman–Crippen MR) is 92.3 cm³/mol. The third-order valence-electron chi connectivity index (χ3n) is 3.71. The van der Waals surface area contributed by atoms with E-state index in [1.54, 1.807) is 27.9 Å². The third kappa shape index (κ3) is 3.42. The van der Waals surface area contributed by atoms with Gasteiger partial charge in [-0.1, -0.05) is 6.07 Å². The Morgan fingerprint density at radius 1 is 1.29 bits per heavy atom. The Morgan fingerprint density at radius 3 is 2.71 bits per heavy atom. The number of hydrogen-bond donors (Lipinski definition) is 0. The Hall–Kier alpha value is -2.76. The van der Waals surface area contributed by atoms with E-state index in [1.807, 2.05) is 45.3 Å². The lowest BCUT2D eigenvalue weighted by Crippen LogP contribution is -2.35.